The summed E-state index contributed by atoms with van der Waals surface area (Å²) in [5.74, 6) is 0.760. The summed E-state index contributed by atoms with van der Waals surface area (Å²) in [6.45, 7) is 14.8. The maximum absolute atomic E-state index is 5.58. The highest BCUT2D eigenvalue weighted by Crippen LogP contribution is 2.21. The zero-order chi connectivity index (χ0) is 15.2. The molecule has 1 aliphatic rings. The molecule has 3 atom stereocenters. The van der Waals surface area contributed by atoms with Gasteiger partial charge in [-0.2, -0.15) is 0 Å². The first-order chi connectivity index (χ1) is 9.43. The summed E-state index contributed by atoms with van der Waals surface area (Å²) < 4.78 is 5.58. The van der Waals surface area contributed by atoms with Gasteiger partial charge in [-0.3, -0.25) is 4.90 Å². The highest BCUT2D eigenvalue weighted by atomic mass is 16.5. The van der Waals surface area contributed by atoms with E-state index in [4.69, 9.17) is 4.74 Å². The standard InChI is InChI=1S/C17H36N2O/c1-7-9-15-12-18-16(14(3)8-2)13-19(15)11-10-17(4,5)20-6/h14-16,18H,7-13H2,1-6H3. The molecule has 3 unspecified atom stereocenters. The fourth-order valence-electron chi connectivity index (χ4n) is 2.96. The van der Waals surface area contributed by atoms with Crippen molar-refractivity contribution in [1.29, 1.82) is 0 Å². The molecule has 0 bridgehead atoms. The van der Waals surface area contributed by atoms with Crippen molar-refractivity contribution in [2.45, 2.75) is 78.0 Å². The van der Waals surface area contributed by atoms with E-state index in [0.29, 0.717) is 12.1 Å². The molecule has 0 aliphatic carbocycles. The van der Waals surface area contributed by atoms with Crippen molar-refractivity contribution in [3.63, 3.8) is 0 Å². The third-order valence-corrected chi connectivity index (χ3v) is 5.07. The van der Waals surface area contributed by atoms with Crippen LogP contribution in [-0.4, -0.2) is 49.3 Å². The average Bonchev–Trinajstić information content (AvgIpc) is 2.45. The van der Waals surface area contributed by atoms with Gasteiger partial charge < -0.3 is 10.1 Å². The van der Waals surface area contributed by atoms with Crippen LogP contribution in [0.15, 0.2) is 0 Å². The highest BCUT2D eigenvalue weighted by Gasteiger charge is 2.30. The van der Waals surface area contributed by atoms with Crippen LogP contribution in [-0.2, 0) is 4.74 Å². The molecule has 1 N–H and O–H groups in total. The zero-order valence-corrected chi connectivity index (χ0v) is 14.5. The largest absolute Gasteiger partial charge is 0.379 e. The van der Waals surface area contributed by atoms with Crippen LogP contribution in [0.25, 0.3) is 0 Å². The predicted molar refractivity (Wildman–Crippen MR) is 87.2 cm³/mol. The van der Waals surface area contributed by atoms with Gasteiger partial charge in [-0.05, 0) is 32.6 Å². The van der Waals surface area contributed by atoms with Crippen LogP contribution in [0.1, 0.15) is 60.3 Å². The van der Waals surface area contributed by atoms with Crippen molar-refractivity contribution >= 4 is 0 Å². The molecule has 120 valence electrons. The second-order valence-corrected chi connectivity index (χ2v) is 7.05. The number of hydrogen-bond donors (Lipinski definition) is 1. The molecule has 0 aromatic heterocycles. The lowest BCUT2D eigenvalue weighted by Gasteiger charge is -2.43. The van der Waals surface area contributed by atoms with Gasteiger partial charge in [-0.15, -0.1) is 0 Å². The van der Waals surface area contributed by atoms with Crippen molar-refractivity contribution in [3.8, 4) is 0 Å². The molecule has 3 heteroatoms. The zero-order valence-electron chi connectivity index (χ0n) is 14.5. The quantitative estimate of drug-likeness (QED) is 0.740. The first-order valence-electron chi connectivity index (χ1n) is 8.46. The molecule has 0 amide bonds. The van der Waals surface area contributed by atoms with E-state index in [2.05, 4.69) is 44.8 Å². The topological polar surface area (TPSA) is 24.5 Å². The van der Waals surface area contributed by atoms with E-state index in [1.807, 2.05) is 7.11 Å². The molecule has 1 rings (SSSR count). The molecule has 20 heavy (non-hydrogen) atoms. The molecule has 1 aliphatic heterocycles. The summed E-state index contributed by atoms with van der Waals surface area (Å²) in [6.07, 6.45) is 4.93. The lowest BCUT2D eigenvalue weighted by Crippen LogP contribution is -2.58. The van der Waals surface area contributed by atoms with Crippen molar-refractivity contribution in [2.24, 2.45) is 5.92 Å². The van der Waals surface area contributed by atoms with Crippen LogP contribution in [0, 0.1) is 5.92 Å². The van der Waals surface area contributed by atoms with Gasteiger partial charge in [0.1, 0.15) is 0 Å². The Balaban J connectivity index is 2.59. The van der Waals surface area contributed by atoms with E-state index in [9.17, 15) is 0 Å². The van der Waals surface area contributed by atoms with E-state index in [1.165, 1.54) is 25.8 Å². The molecular weight excluding hydrogens is 248 g/mol. The summed E-state index contributed by atoms with van der Waals surface area (Å²) in [7, 11) is 1.82. The third-order valence-electron chi connectivity index (χ3n) is 5.07. The molecule has 0 saturated carbocycles. The van der Waals surface area contributed by atoms with Gasteiger partial charge in [0.05, 0.1) is 5.60 Å². The van der Waals surface area contributed by atoms with Gasteiger partial charge >= 0.3 is 0 Å². The number of piperazine rings is 1. The van der Waals surface area contributed by atoms with Crippen LogP contribution in [0.2, 0.25) is 0 Å². The Morgan fingerprint density at radius 1 is 1.35 bits per heavy atom. The normalized spacial score (nSPS) is 26.7. The number of nitrogens with one attached hydrogen (secondary N) is 1. The molecule has 0 spiro atoms. The van der Waals surface area contributed by atoms with Crippen LogP contribution in [0.3, 0.4) is 0 Å². The molecule has 1 fully saturated rings. The maximum atomic E-state index is 5.58. The first kappa shape index (κ1) is 17.9. The Kier molecular flexibility index (Phi) is 7.49. The molecule has 0 radical (unpaired) electrons. The fourth-order valence-corrected chi connectivity index (χ4v) is 2.96. The first-order valence-corrected chi connectivity index (χ1v) is 8.46. The fraction of sp³-hybridized carbons (Fsp3) is 1.00. The number of hydrogen-bond acceptors (Lipinski definition) is 3. The second-order valence-electron chi connectivity index (χ2n) is 7.05. The Morgan fingerprint density at radius 3 is 2.60 bits per heavy atom. The summed E-state index contributed by atoms with van der Waals surface area (Å²) in [4.78, 5) is 2.71. The van der Waals surface area contributed by atoms with Crippen molar-refractivity contribution in [1.82, 2.24) is 10.2 Å². The van der Waals surface area contributed by atoms with Gasteiger partial charge in [-0.1, -0.05) is 33.6 Å². The van der Waals surface area contributed by atoms with Gasteiger partial charge in [0, 0.05) is 38.8 Å². The van der Waals surface area contributed by atoms with Crippen molar-refractivity contribution < 1.29 is 4.74 Å². The molecule has 0 aromatic rings. The number of nitrogens with zero attached hydrogens (tertiary/aromatic N) is 1. The SMILES string of the molecule is CCCC1CNC(C(C)CC)CN1CCC(C)(C)OC. The Labute approximate surface area is 126 Å². The van der Waals surface area contributed by atoms with E-state index in [0.717, 1.165) is 25.4 Å². The smallest absolute Gasteiger partial charge is 0.0634 e. The van der Waals surface area contributed by atoms with Gasteiger partial charge in [0.25, 0.3) is 0 Å². The van der Waals surface area contributed by atoms with Crippen LogP contribution in [0.5, 0.6) is 0 Å². The van der Waals surface area contributed by atoms with E-state index in [1.54, 1.807) is 0 Å². The monoisotopic (exact) mass is 284 g/mol. The number of rotatable bonds is 8. The highest BCUT2D eigenvalue weighted by molar-refractivity contribution is 4.89. The Morgan fingerprint density at radius 2 is 2.05 bits per heavy atom. The van der Waals surface area contributed by atoms with Crippen LogP contribution >= 0.6 is 0 Å². The molecule has 1 heterocycles. The summed E-state index contributed by atoms with van der Waals surface area (Å²) in [5, 5.41) is 3.77. The van der Waals surface area contributed by atoms with Gasteiger partial charge in [-0.25, -0.2) is 0 Å². The Bertz CT molecular complexity index is 268. The minimum Gasteiger partial charge on any atom is -0.379 e. The number of methoxy groups -OCH3 is 1. The number of ether oxygens (including phenoxy) is 1. The molecule has 0 aromatic carbocycles. The van der Waals surface area contributed by atoms with E-state index in [-0.39, 0.29) is 5.60 Å². The lowest BCUT2D eigenvalue weighted by molar-refractivity contribution is -0.00243. The van der Waals surface area contributed by atoms with E-state index < -0.39 is 0 Å². The molecule has 1 saturated heterocycles. The predicted octanol–water partition coefficient (Wildman–Crippen LogP) is 3.29. The third kappa shape index (κ3) is 5.34. The molecular formula is C17H36N2O. The maximum Gasteiger partial charge on any atom is 0.0634 e. The van der Waals surface area contributed by atoms with Crippen LogP contribution < -0.4 is 5.32 Å². The van der Waals surface area contributed by atoms with Crippen molar-refractivity contribution in [3.05, 3.63) is 0 Å². The lowest BCUT2D eigenvalue weighted by atomic mass is 9.93. The van der Waals surface area contributed by atoms with E-state index >= 15 is 0 Å². The minimum absolute atomic E-state index is 0.00644. The average molecular weight is 284 g/mol. The minimum atomic E-state index is -0.00644. The summed E-state index contributed by atoms with van der Waals surface area (Å²) in [6, 6.07) is 1.35. The second kappa shape index (κ2) is 8.35. The summed E-state index contributed by atoms with van der Waals surface area (Å²) in [5.41, 5.74) is -0.00644. The van der Waals surface area contributed by atoms with Crippen LogP contribution in [0.4, 0.5) is 0 Å². The van der Waals surface area contributed by atoms with Crippen molar-refractivity contribution in [2.75, 3.05) is 26.7 Å². The molecule has 3 nitrogen and oxygen atoms in total. The summed E-state index contributed by atoms with van der Waals surface area (Å²) >= 11 is 0. The Hall–Kier alpha value is -0.120. The van der Waals surface area contributed by atoms with Gasteiger partial charge in [0.15, 0.2) is 0 Å². The van der Waals surface area contributed by atoms with Gasteiger partial charge in [0.2, 0.25) is 0 Å².